The van der Waals surface area contributed by atoms with Gasteiger partial charge in [0.15, 0.2) is 0 Å². The lowest BCUT2D eigenvalue weighted by Gasteiger charge is -2.11. The molecule has 0 saturated carbocycles. The average molecular weight is 172 g/mol. The molecule has 0 aliphatic carbocycles. The normalized spacial score (nSPS) is 15.3. The Kier molecular flexibility index (Phi) is 5.72. The van der Waals surface area contributed by atoms with Gasteiger partial charge in [0.2, 0.25) is 5.91 Å². The van der Waals surface area contributed by atoms with Crippen LogP contribution in [-0.4, -0.2) is 18.0 Å². The van der Waals surface area contributed by atoms with Gasteiger partial charge in [-0.2, -0.15) is 0 Å². The lowest BCUT2D eigenvalue weighted by molar-refractivity contribution is -0.121. The number of amides is 1. The van der Waals surface area contributed by atoms with Crippen molar-refractivity contribution in [2.75, 3.05) is 0 Å². The first-order valence-electron chi connectivity index (χ1n) is 4.61. The maximum absolute atomic E-state index is 11.2. The smallest absolute Gasteiger partial charge is 0.220 e. The van der Waals surface area contributed by atoms with E-state index in [0.717, 1.165) is 12.8 Å². The minimum atomic E-state index is 0.113. The molecule has 0 saturated heterocycles. The number of hydrogen-bond acceptors (Lipinski definition) is 2. The van der Waals surface area contributed by atoms with Crippen LogP contribution >= 0.6 is 0 Å². The van der Waals surface area contributed by atoms with E-state index < -0.39 is 0 Å². The van der Waals surface area contributed by atoms with Crippen LogP contribution in [0.15, 0.2) is 0 Å². The highest BCUT2D eigenvalue weighted by Crippen LogP contribution is 1.95. The van der Waals surface area contributed by atoms with Gasteiger partial charge in [0.1, 0.15) is 0 Å². The Labute approximate surface area is 74.7 Å². The molecule has 2 atom stereocenters. The zero-order valence-corrected chi connectivity index (χ0v) is 8.26. The van der Waals surface area contributed by atoms with Crippen molar-refractivity contribution < 1.29 is 4.79 Å². The predicted octanol–water partition coefficient (Wildman–Crippen LogP) is 1.03. The molecule has 2 unspecified atom stereocenters. The summed E-state index contributed by atoms with van der Waals surface area (Å²) in [5, 5.41) is 2.89. The Morgan fingerprint density at radius 2 is 2.08 bits per heavy atom. The SMILES string of the molecule is CCC(C)NC(=O)CCC(C)N. The van der Waals surface area contributed by atoms with E-state index in [4.69, 9.17) is 5.73 Å². The first kappa shape index (κ1) is 11.4. The summed E-state index contributed by atoms with van der Waals surface area (Å²) in [6.07, 6.45) is 2.29. The van der Waals surface area contributed by atoms with Crippen LogP contribution in [-0.2, 0) is 4.79 Å². The van der Waals surface area contributed by atoms with E-state index in [1.54, 1.807) is 0 Å². The third-order valence-electron chi connectivity index (χ3n) is 1.85. The van der Waals surface area contributed by atoms with Gasteiger partial charge < -0.3 is 11.1 Å². The van der Waals surface area contributed by atoms with Crippen LogP contribution in [0.2, 0.25) is 0 Å². The van der Waals surface area contributed by atoms with Crippen molar-refractivity contribution in [3.63, 3.8) is 0 Å². The molecule has 3 heteroatoms. The number of carbonyl (C=O) groups is 1. The molecule has 0 aliphatic rings. The van der Waals surface area contributed by atoms with Gasteiger partial charge in [0.05, 0.1) is 0 Å². The van der Waals surface area contributed by atoms with E-state index >= 15 is 0 Å². The van der Waals surface area contributed by atoms with Crippen molar-refractivity contribution in [3.05, 3.63) is 0 Å². The van der Waals surface area contributed by atoms with Gasteiger partial charge in [0.25, 0.3) is 0 Å². The molecule has 72 valence electrons. The van der Waals surface area contributed by atoms with Crippen LogP contribution in [0.1, 0.15) is 40.0 Å². The molecule has 0 aliphatic heterocycles. The molecule has 3 N–H and O–H groups in total. The summed E-state index contributed by atoms with van der Waals surface area (Å²) in [5.74, 6) is 0.113. The van der Waals surface area contributed by atoms with Crippen LogP contribution in [0.4, 0.5) is 0 Å². The largest absolute Gasteiger partial charge is 0.354 e. The van der Waals surface area contributed by atoms with Crippen molar-refractivity contribution in [1.29, 1.82) is 0 Å². The molecule has 0 rings (SSSR count). The summed E-state index contributed by atoms with van der Waals surface area (Å²) < 4.78 is 0. The van der Waals surface area contributed by atoms with Crippen LogP contribution in [0.5, 0.6) is 0 Å². The van der Waals surface area contributed by atoms with Crippen LogP contribution in [0.25, 0.3) is 0 Å². The van der Waals surface area contributed by atoms with Crippen LogP contribution in [0.3, 0.4) is 0 Å². The maximum Gasteiger partial charge on any atom is 0.220 e. The highest BCUT2D eigenvalue weighted by molar-refractivity contribution is 5.76. The van der Waals surface area contributed by atoms with Gasteiger partial charge in [-0.25, -0.2) is 0 Å². The van der Waals surface area contributed by atoms with Crippen LogP contribution in [0, 0.1) is 0 Å². The Morgan fingerprint density at radius 3 is 2.50 bits per heavy atom. The first-order valence-corrected chi connectivity index (χ1v) is 4.61. The number of rotatable bonds is 5. The van der Waals surface area contributed by atoms with Crippen molar-refractivity contribution >= 4 is 5.91 Å². The fourth-order valence-electron chi connectivity index (χ4n) is 0.808. The molecule has 3 nitrogen and oxygen atoms in total. The molecule has 0 fully saturated rings. The van der Waals surface area contributed by atoms with E-state index in [0.29, 0.717) is 6.42 Å². The topological polar surface area (TPSA) is 55.1 Å². The summed E-state index contributed by atoms with van der Waals surface area (Å²) in [4.78, 5) is 11.2. The van der Waals surface area contributed by atoms with Gasteiger partial charge in [-0.1, -0.05) is 6.92 Å². The quantitative estimate of drug-likeness (QED) is 0.650. The highest BCUT2D eigenvalue weighted by atomic mass is 16.1. The third kappa shape index (κ3) is 6.16. The fourth-order valence-corrected chi connectivity index (χ4v) is 0.808. The minimum absolute atomic E-state index is 0.113. The zero-order valence-electron chi connectivity index (χ0n) is 8.26. The van der Waals surface area contributed by atoms with Crippen molar-refractivity contribution in [3.8, 4) is 0 Å². The third-order valence-corrected chi connectivity index (χ3v) is 1.85. The molecular formula is C9H20N2O. The molecule has 0 radical (unpaired) electrons. The second-order valence-electron chi connectivity index (χ2n) is 3.39. The van der Waals surface area contributed by atoms with E-state index in [1.165, 1.54) is 0 Å². The minimum Gasteiger partial charge on any atom is -0.354 e. The standard InChI is InChI=1S/C9H20N2O/c1-4-8(3)11-9(12)6-5-7(2)10/h7-8H,4-6,10H2,1-3H3,(H,11,12). The molecule has 12 heavy (non-hydrogen) atoms. The van der Waals surface area contributed by atoms with E-state index in [-0.39, 0.29) is 18.0 Å². The van der Waals surface area contributed by atoms with E-state index in [2.05, 4.69) is 12.2 Å². The molecule has 0 aromatic rings. The molecule has 0 aromatic heterocycles. The molecule has 0 aromatic carbocycles. The van der Waals surface area contributed by atoms with Gasteiger partial charge in [0, 0.05) is 18.5 Å². The maximum atomic E-state index is 11.2. The predicted molar refractivity (Wildman–Crippen MR) is 50.8 cm³/mol. The highest BCUT2D eigenvalue weighted by Gasteiger charge is 2.05. The second kappa shape index (κ2) is 6.00. The number of hydrogen-bond donors (Lipinski definition) is 2. The summed E-state index contributed by atoms with van der Waals surface area (Å²) >= 11 is 0. The molecule has 1 amide bonds. The van der Waals surface area contributed by atoms with Crippen molar-refractivity contribution in [2.45, 2.75) is 52.1 Å². The number of carbonyl (C=O) groups excluding carboxylic acids is 1. The monoisotopic (exact) mass is 172 g/mol. The number of nitrogens with one attached hydrogen (secondary N) is 1. The van der Waals surface area contributed by atoms with Gasteiger partial charge in [-0.15, -0.1) is 0 Å². The zero-order chi connectivity index (χ0) is 9.56. The Bertz CT molecular complexity index is 134. The lowest BCUT2D eigenvalue weighted by atomic mass is 10.2. The van der Waals surface area contributed by atoms with E-state index in [9.17, 15) is 4.79 Å². The van der Waals surface area contributed by atoms with Crippen molar-refractivity contribution in [2.24, 2.45) is 5.73 Å². The number of nitrogens with two attached hydrogens (primary N) is 1. The van der Waals surface area contributed by atoms with E-state index in [1.807, 2.05) is 13.8 Å². The average Bonchev–Trinajstić information content (AvgIpc) is 2.00. The molecule has 0 bridgehead atoms. The summed E-state index contributed by atoms with van der Waals surface area (Å²) in [6.45, 7) is 5.97. The molecular weight excluding hydrogens is 152 g/mol. The Hall–Kier alpha value is -0.570. The lowest BCUT2D eigenvalue weighted by Crippen LogP contribution is -2.32. The second-order valence-corrected chi connectivity index (χ2v) is 3.39. The Balaban J connectivity index is 3.46. The van der Waals surface area contributed by atoms with Gasteiger partial charge in [-0.05, 0) is 26.7 Å². The van der Waals surface area contributed by atoms with Crippen molar-refractivity contribution in [1.82, 2.24) is 5.32 Å². The summed E-state index contributed by atoms with van der Waals surface area (Å²) in [6, 6.07) is 0.401. The summed E-state index contributed by atoms with van der Waals surface area (Å²) in [5.41, 5.74) is 5.52. The van der Waals surface area contributed by atoms with Gasteiger partial charge >= 0.3 is 0 Å². The summed E-state index contributed by atoms with van der Waals surface area (Å²) in [7, 11) is 0. The molecule has 0 spiro atoms. The van der Waals surface area contributed by atoms with Crippen LogP contribution < -0.4 is 11.1 Å². The Morgan fingerprint density at radius 1 is 1.50 bits per heavy atom. The first-order chi connectivity index (χ1) is 5.56. The fraction of sp³-hybridized carbons (Fsp3) is 0.889. The van der Waals surface area contributed by atoms with Gasteiger partial charge in [-0.3, -0.25) is 4.79 Å². The molecule has 0 heterocycles.